The third-order valence-electron chi connectivity index (χ3n) is 3.98. The van der Waals surface area contributed by atoms with Crippen molar-refractivity contribution >= 4 is 5.97 Å². The van der Waals surface area contributed by atoms with E-state index in [2.05, 4.69) is 0 Å². The molecule has 6 heteroatoms. The van der Waals surface area contributed by atoms with E-state index in [1.165, 1.54) is 7.11 Å². The smallest absolute Gasteiger partial charge is 0.339 e. The summed E-state index contributed by atoms with van der Waals surface area (Å²) in [5.41, 5.74) is 1.99. The molecule has 0 aromatic heterocycles. The molecule has 0 fully saturated rings. The molecule has 0 spiro atoms. The minimum absolute atomic E-state index is 0.369. The Bertz CT molecular complexity index is 758. The minimum Gasteiger partial charge on any atom is -0.497 e. The number of ether oxygens (including phenoxy) is 5. The van der Waals surface area contributed by atoms with Gasteiger partial charge >= 0.3 is 5.97 Å². The van der Waals surface area contributed by atoms with Gasteiger partial charge in [0.2, 0.25) is 5.75 Å². The van der Waals surface area contributed by atoms with Crippen LogP contribution in [0.1, 0.15) is 27.6 Å². The number of methoxy groups -OCH3 is 4. The molecule has 1 atom stereocenters. The number of hydrogen-bond acceptors (Lipinski definition) is 6. The van der Waals surface area contributed by atoms with Crippen LogP contribution < -0.4 is 18.9 Å². The molecule has 1 unspecified atom stereocenters. The molecule has 0 aliphatic carbocycles. The van der Waals surface area contributed by atoms with E-state index >= 15 is 0 Å². The molecule has 1 heterocycles. The molecule has 3 rings (SSSR count). The van der Waals surface area contributed by atoms with Gasteiger partial charge in [0.25, 0.3) is 0 Å². The van der Waals surface area contributed by atoms with Crippen LogP contribution in [0.3, 0.4) is 0 Å². The molecule has 24 heavy (non-hydrogen) atoms. The Morgan fingerprint density at radius 2 is 1.54 bits per heavy atom. The van der Waals surface area contributed by atoms with E-state index < -0.39 is 6.10 Å². The summed E-state index contributed by atoms with van der Waals surface area (Å²) >= 11 is 0. The average Bonchev–Trinajstić information content (AvgIpc) is 2.96. The number of rotatable bonds is 5. The van der Waals surface area contributed by atoms with E-state index in [1.807, 2.05) is 0 Å². The fraction of sp³-hybridized carbons (Fsp3) is 0.278. The Morgan fingerprint density at radius 3 is 2.08 bits per heavy atom. The molecule has 0 amide bonds. The van der Waals surface area contributed by atoms with Gasteiger partial charge in [-0.2, -0.15) is 0 Å². The van der Waals surface area contributed by atoms with Gasteiger partial charge in [0.05, 0.1) is 34.0 Å². The summed E-state index contributed by atoms with van der Waals surface area (Å²) in [6.45, 7) is 0. The van der Waals surface area contributed by atoms with E-state index in [4.69, 9.17) is 23.7 Å². The van der Waals surface area contributed by atoms with Crippen molar-refractivity contribution in [3.63, 3.8) is 0 Å². The van der Waals surface area contributed by atoms with Crippen LogP contribution in [0.25, 0.3) is 0 Å². The first kappa shape index (κ1) is 16.0. The zero-order chi connectivity index (χ0) is 17.3. The van der Waals surface area contributed by atoms with Crippen molar-refractivity contribution in [2.24, 2.45) is 0 Å². The number of carbonyl (C=O) groups excluding carboxylic acids is 1. The van der Waals surface area contributed by atoms with Crippen LogP contribution in [-0.2, 0) is 4.74 Å². The minimum atomic E-state index is -0.559. The summed E-state index contributed by atoms with van der Waals surface area (Å²) in [7, 11) is 6.20. The van der Waals surface area contributed by atoms with Crippen LogP contribution in [0.5, 0.6) is 23.0 Å². The van der Waals surface area contributed by atoms with Crippen molar-refractivity contribution in [3.05, 3.63) is 47.0 Å². The second-order valence-electron chi connectivity index (χ2n) is 5.20. The van der Waals surface area contributed by atoms with Crippen molar-refractivity contribution in [3.8, 4) is 23.0 Å². The molecule has 2 aromatic carbocycles. The van der Waals surface area contributed by atoms with Gasteiger partial charge in [-0.15, -0.1) is 0 Å². The van der Waals surface area contributed by atoms with Gasteiger partial charge in [-0.25, -0.2) is 4.79 Å². The lowest BCUT2D eigenvalue weighted by molar-refractivity contribution is 0.0455. The maximum Gasteiger partial charge on any atom is 0.339 e. The lowest BCUT2D eigenvalue weighted by atomic mass is 9.98. The molecular formula is C18H18O6. The average molecular weight is 330 g/mol. The van der Waals surface area contributed by atoms with E-state index in [1.54, 1.807) is 51.7 Å². The van der Waals surface area contributed by atoms with Crippen LogP contribution in [0.4, 0.5) is 0 Å². The molecule has 0 radical (unpaired) electrons. The third kappa shape index (κ3) is 2.50. The highest BCUT2D eigenvalue weighted by atomic mass is 16.6. The van der Waals surface area contributed by atoms with Gasteiger partial charge in [0, 0.05) is 11.1 Å². The van der Waals surface area contributed by atoms with Gasteiger partial charge < -0.3 is 23.7 Å². The molecule has 0 saturated carbocycles. The largest absolute Gasteiger partial charge is 0.497 e. The summed E-state index contributed by atoms with van der Waals surface area (Å²) in [5, 5.41) is 0. The highest BCUT2D eigenvalue weighted by Gasteiger charge is 2.34. The quantitative estimate of drug-likeness (QED) is 0.786. The lowest BCUT2D eigenvalue weighted by Gasteiger charge is -2.17. The van der Waals surface area contributed by atoms with Gasteiger partial charge in [-0.1, -0.05) is 0 Å². The maximum atomic E-state index is 12.1. The molecule has 126 valence electrons. The number of hydrogen-bond donors (Lipinski definition) is 0. The van der Waals surface area contributed by atoms with E-state index in [0.717, 1.165) is 11.1 Å². The van der Waals surface area contributed by atoms with Crippen molar-refractivity contribution < 1.29 is 28.5 Å². The van der Waals surface area contributed by atoms with Crippen molar-refractivity contribution in [2.75, 3.05) is 28.4 Å². The first-order valence-corrected chi connectivity index (χ1v) is 7.31. The highest BCUT2D eigenvalue weighted by Crippen LogP contribution is 2.44. The van der Waals surface area contributed by atoms with Crippen molar-refractivity contribution in [2.45, 2.75) is 6.10 Å². The second-order valence-corrected chi connectivity index (χ2v) is 5.20. The molecule has 0 bridgehead atoms. The number of carbonyl (C=O) groups is 1. The van der Waals surface area contributed by atoms with Crippen LogP contribution >= 0.6 is 0 Å². The normalized spacial score (nSPS) is 15.5. The van der Waals surface area contributed by atoms with Crippen molar-refractivity contribution in [1.82, 2.24) is 0 Å². The second kappa shape index (κ2) is 6.31. The maximum absolute atomic E-state index is 12.1. The van der Waals surface area contributed by atoms with Crippen molar-refractivity contribution in [1.29, 1.82) is 0 Å². The number of fused-ring (bicyclic) bond motifs is 1. The summed E-state index contributed by atoms with van der Waals surface area (Å²) < 4.78 is 26.9. The molecule has 0 saturated heterocycles. The predicted octanol–water partition coefficient (Wildman–Crippen LogP) is 2.98. The third-order valence-corrected chi connectivity index (χ3v) is 3.98. The zero-order valence-electron chi connectivity index (χ0n) is 13.9. The Hall–Kier alpha value is -2.89. The van der Waals surface area contributed by atoms with Crippen LogP contribution in [0.2, 0.25) is 0 Å². The van der Waals surface area contributed by atoms with E-state index in [0.29, 0.717) is 28.6 Å². The summed E-state index contributed by atoms with van der Waals surface area (Å²) in [6.07, 6.45) is -0.559. The molecular weight excluding hydrogens is 312 g/mol. The lowest BCUT2D eigenvalue weighted by Crippen LogP contribution is -2.03. The van der Waals surface area contributed by atoms with Crippen LogP contribution in [-0.4, -0.2) is 34.4 Å². The fourth-order valence-electron chi connectivity index (χ4n) is 2.80. The first-order valence-electron chi connectivity index (χ1n) is 7.31. The summed E-state index contributed by atoms with van der Waals surface area (Å²) in [4.78, 5) is 12.1. The Labute approximate surface area is 139 Å². The molecule has 1 aliphatic rings. The highest BCUT2D eigenvalue weighted by molar-refractivity contribution is 5.94. The van der Waals surface area contributed by atoms with E-state index in [9.17, 15) is 4.79 Å². The van der Waals surface area contributed by atoms with E-state index in [-0.39, 0.29) is 5.97 Å². The topological polar surface area (TPSA) is 63.2 Å². The number of cyclic esters (lactones) is 1. The zero-order valence-corrected chi connectivity index (χ0v) is 13.9. The summed E-state index contributed by atoms with van der Waals surface area (Å²) in [6, 6.07) is 8.78. The van der Waals surface area contributed by atoms with Gasteiger partial charge in [-0.05, 0) is 30.3 Å². The van der Waals surface area contributed by atoms with Crippen LogP contribution in [0.15, 0.2) is 30.3 Å². The first-order chi connectivity index (χ1) is 11.6. The predicted molar refractivity (Wildman–Crippen MR) is 86.4 cm³/mol. The Kier molecular flexibility index (Phi) is 4.20. The SMILES string of the molecule is COc1ccc2c(c1)C(c1cc(OC)c(OC)c(OC)c1)OC2=O. The number of benzene rings is 2. The fourth-order valence-corrected chi connectivity index (χ4v) is 2.80. The van der Waals surface area contributed by atoms with Crippen LogP contribution in [0, 0.1) is 0 Å². The summed E-state index contributed by atoms with van der Waals surface area (Å²) in [5.74, 6) is 1.77. The Morgan fingerprint density at radius 1 is 0.875 bits per heavy atom. The monoisotopic (exact) mass is 330 g/mol. The molecule has 6 nitrogen and oxygen atoms in total. The number of esters is 1. The molecule has 1 aliphatic heterocycles. The van der Waals surface area contributed by atoms with Gasteiger partial charge in [-0.3, -0.25) is 0 Å². The van der Waals surface area contributed by atoms with Gasteiger partial charge in [0.1, 0.15) is 5.75 Å². The van der Waals surface area contributed by atoms with Gasteiger partial charge in [0.15, 0.2) is 17.6 Å². The molecule has 0 N–H and O–H groups in total. The Balaban J connectivity index is 2.13. The molecule has 2 aromatic rings. The standard InChI is InChI=1S/C18H18O6/c1-20-11-5-6-12-13(9-11)16(24-18(12)19)10-7-14(21-2)17(23-4)15(8-10)22-3/h5-9,16H,1-4H3.